The van der Waals surface area contributed by atoms with Gasteiger partial charge >= 0.3 is 0 Å². The fourth-order valence-electron chi connectivity index (χ4n) is 3.57. The molecule has 0 saturated carbocycles. The quantitative estimate of drug-likeness (QED) is 0.649. The number of H-pyrrole nitrogens is 1. The first-order valence-corrected chi connectivity index (χ1v) is 9.57. The lowest BCUT2D eigenvalue weighted by Crippen LogP contribution is -2.16. The molecule has 1 unspecified atom stereocenters. The molecule has 0 radical (unpaired) electrons. The van der Waals surface area contributed by atoms with Crippen molar-refractivity contribution in [1.82, 2.24) is 14.8 Å². The number of aliphatic hydroxyl groups excluding tert-OH is 2. The fourth-order valence-corrected chi connectivity index (χ4v) is 3.81. The topological polar surface area (TPSA) is 77.3 Å². The summed E-state index contributed by atoms with van der Waals surface area (Å²) in [5.41, 5.74) is 4.19. The summed E-state index contributed by atoms with van der Waals surface area (Å²) in [6, 6.07) is 6.20. The van der Waals surface area contributed by atoms with Crippen LogP contribution in [0.25, 0.3) is 5.69 Å². The van der Waals surface area contributed by atoms with Gasteiger partial charge in [-0.05, 0) is 60.8 Å². The first-order valence-electron chi connectivity index (χ1n) is 9.16. The molecule has 0 saturated heterocycles. The molecule has 144 valence electrons. The van der Waals surface area contributed by atoms with E-state index in [4.69, 9.17) is 12.2 Å². The van der Waals surface area contributed by atoms with Crippen molar-refractivity contribution in [1.29, 1.82) is 0 Å². The van der Waals surface area contributed by atoms with E-state index in [-0.39, 0.29) is 17.4 Å². The molecule has 2 aromatic rings. The normalized spacial score (nSPS) is 17.2. The van der Waals surface area contributed by atoms with Crippen LogP contribution in [0.15, 0.2) is 41.4 Å². The lowest BCUT2D eigenvalue weighted by Gasteiger charge is -2.23. The average molecular weight is 387 g/mol. The molecule has 3 rings (SSSR count). The van der Waals surface area contributed by atoms with E-state index >= 15 is 0 Å². The molecule has 6 nitrogen and oxygen atoms in total. The molecule has 0 amide bonds. The van der Waals surface area contributed by atoms with E-state index in [1.54, 1.807) is 0 Å². The Hall–Kier alpha value is -2.54. The van der Waals surface area contributed by atoms with E-state index in [1.807, 2.05) is 31.7 Å². The molecule has 27 heavy (non-hydrogen) atoms. The van der Waals surface area contributed by atoms with Gasteiger partial charge in [0.15, 0.2) is 4.77 Å². The molecule has 1 aromatic carbocycles. The third-order valence-corrected chi connectivity index (χ3v) is 5.35. The standard InChI is InChI=1S/C20H26N4O2S/c1-5-12-9-14(7-8-16(12)23(3)4)24-19(21-22-20(24)27)15-10-13(6-2)17(25)11-18(15)26/h7-9,11,15,25-26H,5-6,10H2,1-4H3,(H,22,27). The summed E-state index contributed by atoms with van der Waals surface area (Å²) in [5.74, 6) is 0.547. The SMILES string of the molecule is CCC1=C(O)C=C(O)C(c2n[nH]c(=S)n2-c2ccc(N(C)C)c(CC)c2)C1. The van der Waals surface area contributed by atoms with E-state index < -0.39 is 0 Å². The van der Waals surface area contributed by atoms with Crippen molar-refractivity contribution in [3.63, 3.8) is 0 Å². The maximum Gasteiger partial charge on any atom is 0.199 e. The molecule has 0 spiro atoms. The van der Waals surface area contributed by atoms with Crippen molar-refractivity contribution >= 4 is 17.9 Å². The van der Waals surface area contributed by atoms with Crippen molar-refractivity contribution in [2.45, 2.75) is 39.0 Å². The number of nitrogens with zero attached hydrogens (tertiary/aromatic N) is 3. The highest BCUT2D eigenvalue weighted by atomic mass is 32.1. The molecule has 1 heterocycles. The summed E-state index contributed by atoms with van der Waals surface area (Å²) >= 11 is 5.48. The Balaban J connectivity index is 2.09. The van der Waals surface area contributed by atoms with Crippen LogP contribution < -0.4 is 4.90 Å². The first-order chi connectivity index (χ1) is 12.9. The van der Waals surface area contributed by atoms with Gasteiger partial charge in [0.25, 0.3) is 0 Å². The zero-order valence-corrected chi connectivity index (χ0v) is 17.0. The van der Waals surface area contributed by atoms with Gasteiger partial charge in [0.1, 0.15) is 17.3 Å². The second-order valence-corrected chi connectivity index (χ2v) is 7.34. The molecule has 7 heteroatoms. The summed E-state index contributed by atoms with van der Waals surface area (Å²) in [4.78, 5) is 2.09. The number of allylic oxidation sites excluding steroid dienone is 3. The van der Waals surface area contributed by atoms with Crippen LogP contribution in [0.1, 0.15) is 44.0 Å². The smallest absolute Gasteiger partial charge is 0.199 e. The minimum Gasteiger partial charge on any atom is -0.511 e. The van der Waals surface area contributed by atoms with Gasteiger partial charge in [0, 0.05) is 25.9 Å². The van der Waals surface area contributed by atoms with E-state index in [0.717, 1.165) is 24.1 Å². The highest BCUT2D eigenvalue weighted by molar-refractivity contribution is 7.71. The average Bonchev–Trinajstić information content (AvgIpc) is 3.02. The van der Waals surface area contributed by atoms with Crippen LogP contribution in [0.5, 0.6) is 0 Å². The second-order valence-electron chi connectivity index (χ2n) is 6.95. The van der Waals surface area contributed by atoms with Crippen LogP contribution in [0, 0.1) is 4.77 Å². The van der Waals surface area contributed by atoms with Crippen LogP contribution in [0.2, 0.25) is 0 Å². The summed E-state index contributed by atoms with van der Waals surface area (Å²) in [7, 11) is 4.05. The Bertz CT molecular complexity index is 969. The van der Waals surface area contributed by atoms with Gasteiger partial charge in [-0.3, -0.25) is 9.67 Å². The lowest BCUT2D eigenvalue weighted by molar-refractivity contribution is 0.332. The molecule has 0 bridgehead atoms. The molecule has 1 aliphatic rings. The highest BCUT2D eigenvalue weighted by Crippen LogP contribution is 2.36. The van der Waals surface area contributed by atoms with Crippen molar-refractivity contribution in [2.75, 3.05) is 19.0 Å². The minimum atomic E-state index is -0.345. The number of nitrogens with one attached hydrogen (secondary N) is 1. The van der Waals surface area contributed by atoms with Crippen LogP contribution in [-0.2, 0) is 6.42 Å². The number of anilines is 1. The van der Waals surface area contributed by atoms with Crippen molar-refractivity contribution in [3.8, 4) is 5.69 Å². The molecule has 1 atom stereocenters. The number of rotatable bonds is 5. The summed E-state index contributed by atoms with van der Waals surface area (Å²) in [6.07, 6.45) is 3.55. The zero-order valence-electron chi connectivity index (χ0n) is 16.2. The molecule has 0 fully saturated rings. The molecular formula is C20H26N4O2S. The van der Waals surface area contributed by atoms with Crippen molar-refractivity contribution in [2.24, 2.45) is 0 Å². The fraction of sp³-hybridized carbons (Fsp3) is 0.400. The number of aliphatic hydroxyl groups is 2. The van der Waals surface area contributed by atoms with Gasteiger partial charge in [-0.15, -0.1) is 0 Å². The van der Waals surface area contributed by atoms with Crippen molar-refractivity contribution in [3.05, 3.63) is 57.5 Å². The van der Waals surface area contributed by atoms with Crippen molar-refractivity contribution < 1.29 is 10.2 Å². The number of aryl methyl sites for hydroxylation is 1. The third-order valence-electron chi connectivity index (χ3n) is 5.08. The maximum atomic E-state index is 10.5. The van der Waals surface area contributed by atoms with Gasteiger partial charge in [-0.1, -0.05) is 13.8 Å². The van der Waals surface area contributed by atoms with Gasteiger partial charge in [-0.2, -0.15) is 5.10 Å². The van der Waals surface area contributed by atoms with E-state index in [1.165, 1.54) is 17.3 Å². The minimum absolute atomic E-state index is 0.0978. The summed E-state index contributed by atoms with van der Waals surface area (Å²) < 4.78 is 2.35. The predicted octanol–water partition coefficient (Wildman–Crippen LogP) is 4.71. The Labute approximate surface area is 164 Å². The molecular weight excluding hydrogens is 360 g/mol. The van der Waals surface area contributed by atoms with Gasteiger partial charge < -0.3 is 15.1 Å². The van der Waals surface area contributed by atoms with Crippen LogP contribution in [0.3, 0.4) is 0 Å². The first kappa shape index (κ1) is 19.2. The van der Waals surface area contributed by atoms with Crippen LogP contribution in [0.4, 0.5) is 5.69 Å². The van der Waals surface area contributed by atoms with E-state index in [0.29, 0.717) is 17.0 Å². The lowest BCUT2D eigenvalue weighted by atomic mass is 9.89. The number of aromatic nitrogens is 3. The summed E-state index contributed by atoms with van der Waals surface area (Å²) in [5, 5.41) is 27.8. The number of aromatic amines is 1. The van der Waals surface area contributed by atoms with Gasteiger partial charge in [0.05, 0.1) is 11.6 Å². The predicted molar refractivity (Wildman–Crippen MR) is 110 cm³/mol. The molecule has 1 aliphatic carbocycles. The summed E-state index contributed by atoms with van der Waals surface area (Å²) in [6.45, 7) is 4.11. The largest absolute Gasteiger partial charge is 0.511 e. The van der Waals surface area contributed by atoms with Crippen LogP contribution >= 0.6 is 12.2 Å². The second kappa shape index (κ2) is 7.60. The Morgan fingerprint density at radius 1 is 1.26 bits per heavy atom. The molecule has 0 aliphatic heterocycles. The third kappa shape index (κ3) is 3.51. The van der Waals surface area contributed by atoms with E-state index in [9.17, 15) is 10.2 Å². The highest BCUT2D eigenvalue weighted by Gasteiger charge is 2.29. The molecule has 3 N–H and O–H groups in total. The number of hydrogen-bond acceptors (Lipinski definition) is 5. The van der Waals surface area contributed by atoms with Gasteiger partial charge in [-0.25, -0.2) is 0 Å². The van der Waals surface area contributed by atoms with E-state index in [2.05, 4.69) is 34.2 Å². The van der Waals surface area contributed by atoms with Crippen LogP contribution in [-0.4, -0.2) is 39.1 Å². The van der Waals surface area contributed by atoms with Gasteiger partial charge in [0.2, 0.25) is 0 Å². The Kier molecular flexibility index (Phi) is 5.41. The zero-order chi connectivity index (χ0) is 19.7. The maximum absolute atomic E-state index is 10.5. The molecule has 1 aromatic heterocycles. The monoisotopic (exact) mass is 386 g/mol. The Morgan fingerprint density at radius 3 is 2.63 bits per heavy atom. The Morgan fingerprint density at radius 2 is 2.00 bits per heavy atom. The number of hydrogen-bond donors (Lipinski definition) is 3. The number of benzene rings is 1.